The molecule has 0 fully saturated rings. The van der Waals surface area contributed by atoms with E-state index in [-0.39, 0.29) is 0 Å². The number of aromatic nitrogens is 2. The van der Waals surface area contributed by atoms with Crippen LogP contribution in [0.2, 0.25) is 0 Å². The highest BCUT2D eigenvalue weighted by atomic mass is 14.6. The van der Waals surface area contributed by atoms with Crippen molar-refractivity contribution in [3.8, 4) is 0 Å². The molecular weight excluding hydrogens is 208 g/mol. The fourth-order valence-corrected chi connectivity index (χ4v) is 1.60. The van der Waals surface area contributed by atoms with Gasteiger partial charge in [-0.15, -0.1) is 13.2 Å². The molecule has 0 aromatic carbocycles. The van der Waals surface area contributed by atoms with Crippen molar-refractivity contribution in [3.63, 3.8) is 0 Å². The fraction of sp³-hybridized carbons (Fsp3) is 0.200. The van der Waals surface area contributed by atoms with E-state index in [1.54, 1.807) is 0 Å². The number of hydrogen-bond acceptors (Lipinski definition) is 2. The Hall–Kier alpha value is -1.96. The van der Waals surface area contributed by atoms with Crippen molar-refractivity contribution < 1.29 is 0 Å². The van der Waals surface area contributed by atoms with E-state index < -0.39 is 0 Å². The van der Waals surface area contributed by atoms with Gasteiger partial charge in [-0.3, -0.25) is 9.97 Å². The van der Waals surface area contributed by atoms with Crippen LogP contribution in [0.15, 0.2) is 62.2 Å². The van der Waals surface area contributed by atoms with Gasteiger partial charge in [0.05, 0.1) is 0 Å². The topological polar surface area (TPSA) is 25.8 Å². The molecule has 2 aromatic rings. The van der Waals surface area contributed by atoms with Crippen LogP contribution in [-0.4, -0.2) is 9.97 Å². The van der Waals surface area contributed by atoms with Gasteiger partial charge in [-0.05, 0) is 54.7 Å². The molecule has 0 N–H and O–H groups in total. The van der Waals surface area contributed by atoms with Crippen LogP contribution < -0.4 is 0 Å². The highest BCUT2D eigenvalue weighted by Gasteiger charge is 1.94. The van der Waals surface area contributed by atoms with Gasteiger partial charge in [0.15, 0.2) is 0 Å². The van der Waals surface area contributed by atoms with Gasteiger partial charge in [0.25, 0.3) is 0 Å². The first kappa shape index (κ1) is 13.1. The summed E-state index contributed by atoms with van der Waals surface area (Å²) in [5, 5.41) is 0. The van der Waals surface area contributed by atoms with Gasteiger partial charge >= 0.3 is 0 Å². The second-order valence-electron chi connectivity index (χ2n) is 3.56. The summed E-state index contributed by atoms with van der Waals surface area (Å²) >= 11 is 0. The summed E-state index contributed by atoms with van der Waals surface area (Å²) in [6, 6.07) is 8.30. The van der Waals surface area contributed by atoms with Crippen molar-refractivity contribution in [2.45, 2.75) is 19.3 Å². The van der Waals surface area contributed by atoms with E-state index in [0.717, 1.165) is 12.8 Å². The highest BCUT2D eigenvalue weighted by Crippen LogP contribution is 2.06. The van der Waals surface area contributed by atoms with Crippen LogP contribution >= 0.6 is 0 Å². The Kier molecular flexibility index (Phi) is 6.34. The lowest BCUT2D eigenvalue weighted by Gasteiger charge is -2.01. The average Bonchev–Trinajstić information content (AvgIpc) is 2.43. The third kappa shape index (κ3) is 5.07. The zero-order valence-electron chi connectivity index (χ0n) is 10.0. The van der Waals surface area contributed by atoms with Crippen LogP contribution in [0, 0.1) is 0 Å². The van der Waals surface area contributed by atoms with Crippen molar-refractivity contribution in [2.75, 3.05) is 0 Å². The van der Waals surface area contributed by atoms with Gasteiger partial charge < -0.3 is 0 Å². The molecule has 0 aliphatic heterocycles. The Morgan fingerprint density at radius 3 is 1.41 bits per heavy atom. The molecule has 0 saturated carbocycles. The van der Waals surface area contributed by atoms with E-state index in [9.17, 15) is 0 Å². The normalized spacial score (nSPS) is 9.18. The Bertz CT molecular complexity index is 358. The monoisotopic (exact) mass is 226 g/mol. The first-order valence-corrected chi connectivity index (χ1v) is 5.73. The molecule has 17 heavy (non-hydrogen) atoms. The molecule has 2 heterocycles. The summed E-state index contributed by atoms with van der Waals surface area (Å²) in [7, 11) is 0. The molecule has 0 aliphatic rings. The van der Waals surface area contributed by atoms with Gasteiger partial charge in [0.1, 0.15) is 0 Å². The van der Waals surface area contributed by atoms with Crippen molar-refractivity contribution >= 4 is 0 Å². The molecule has 0 amide bonds. The minimum absolute atomic E-state index is 1.12. The van der Waals surface area contributed by atoms with E-state index >= 15 is 0 Å². The maximum absolute atomic E-state index is 4.00. The van der Waals surface area contributed by atoms with Crippen molar-refractivity contribution in [2.24, 2.45) is 0 Å². The Labute approximate surface area is 103 Å². The lowest BCUT2D eigenvalue weighted by molar-refractivity contribution is 0.818. The fourth-order valence-electron chi connectivity index (χ4n) is 1.60. The average molecular weight is 226 g/mol. The molecule has 0 spiro atoms. The lowest BCUT2D eigenvalue weighted by atomic mass is 10.1. The van der Waals surface area contributed by atoms with E-state index in [1.165, 1.54) is 17.5 Å². The molecule has 2 aromatic heterocycles. The summed E-state index contributed by atoms with van der Waals surface area (Å²) in [5.74, 6) is 0. The predicted molar refractivity (Wildman–Crippen MR) is 71.8 cm³/mol. The zero-order valence-corrected chi connectivity index (χ0v) is 10.0. The van der Waals surface area contributed by atoms with E-state index in [0.29, 0.717) is 0 Å². The second kappa shape index (κ2) is 8.22. The molecule has 0 atom stereocenters. The largest absolute Gasteiger partial charge is 0.265 e. The maximum Gasteiger partial charge on any atom is 0.0270 e. The number of nitrogens with zero attached hydrogens (tertiary/aromatic N) is 2. The summed E-state index contributed by atoms with van der Waals surface area (Å²) in [6.45, 7) is 6.00. The molecule has 0 radical (unpaired) electrons. The Morgan fingerprint density at radius 2 is 1.06 bits per heavy atom. The van der Waals surface area contributed by atoms with Crippen LogP contribution in [0.5, 0.6) is 0 Å². The van der Waals surface area contributed by atoms with Gasteiger partial charge in [-0.1, -0.05) is 0 Å². The molecule has 2 heteroatoms. The summed E-state index contributed by atoms with van der Waals surface area (Å²) in [4.78, 5) is 8.01. The third-order valence-electron chi connectivity index (χ3n) is 2.43. The molecule has 0 aliphatic carbocycles. The minimum atomic E-state index is 1.12. The summed E-state index contributed by atoms with van der Waals surface area (Å²) in [5.41, 5.74) is 2.72. The summed E-state index contributed by atoms with van der Waals surface area (Å²) in [6.07, 6.45) is 10.8. The van der Waals surface area contributed by atoms with Gasteiger partial charge in [0, 0.05) is 24.8 Å². The smallest absolute Gasteiger partial charge is 0.0270 e. The lowest BCUT2D eigenvalue weighted by Crippen LogP contribution is -1.90. The SMILES string of the molecule is C=C.c1cc(CCCc2ccncc2)ccn1. The highest BCUT2D eigenvalue weighted by molar-refractivity contribution is 5.12. The van der Waals surface area contributed by atoms with Crippen molar-refractivity contribution in [1.82, 2.24) is 9.97 Å². The number of hydrogen-bond donors (Lipinski definition) is 0. The van der Waals surface area contributed by atoms with Crippen LogP contribution in [0.3, 0.4) is 0 Å². The molecule has 0 bridgehead atoms. The standard InChI is InChI=1S/C13H14N2.C2H4/c1(2-12-4-8-14-9-5-12)3-13-6-10-15-11-7-13;1-2/h4-11H,1-3H2;1-2H2. The van der Waals surface area contributed by atoms with Crippen LogP contribution in [0.25, 0.3) is 0 Å². The second-order valence-corrected chi connectivity index (χ2v) is 3.56. The van der Waals surface area contributed by atoms with Crippen LogP contribution in [0.4, 0.5) is 0 Å². The molecule has 2 rings (SSSR count). The van der Waals surface area contributed by atoms with Crippen LogP contribution in [0.1, 0.15) is 17.5 Å². The van der Waals surface area contributed by atoms with Crippen molar-refractivity contribution in [3.05, 3.63) is 73.3 Å². The first-order chi connectivity index (χ1) is 8.45. The quantitative estimate of drug-likeness (QED) is 0.746. The van der Waals surface area contributed by atoms with E-state index in [1.807, 2.05) is 24.8 Å². The van der Waals surface area contributed by atoms with Gasteiger partial charge in [-0.2, -0.15) is 0 Å². The summed E-state index contributed by atoms with van der Waals surface area (Å²) < 4.78 is 0. The van der Waals surface area contributed by atoms with E-state index in [2.05, 4.69) is 47.4 Å². The number of rotatable bonds is 4. The number of aryl methyl sites for hydroxylation is 2. The van der Waals surface area contributed by atoms with Gasteiger partial charge in [-0.25, -0.2) is 0 Å². The minimum Gasteiger partial charge on any atom is -0.265 e. The molecule has 0 unspecified atom stereocenters. The molecule has 88 valence electrons. The molecule has 2 nitrogen and oxygen atoms in total. The Balaban J connectivity index is 0.000000686. The van der Waals surface area contributed by atoms with Crippen molar-refractivity contribution in [1.29, 1.82) is 0 Å². The molecular formula is C15H18N2. The molecule has 0 saturated heterocycles. The van der Waals surface area contributed by atoms with Gasteiger partial charge in [0.2, 0.25) is 0 Å². The zero-order chi connectivity index (χ0) is 12.3. The third-order valence-corrected chi connectivity index (χ3v) is 2.43. The maximum atomic E-state index is 4.00. The number of pyridine rings is 2. The Morgan fingerprint density at radius 1 is 0.706 bits per heavy atom. The predicted octanol–water partition coefficient (Wildman–Crippen LogP) is 3.45. The first-order valence-electron chi connectivity index (χ1n) is 5.73. The van der Waals surface area contributed by atoms with Crippen LogP contribution in [-0.2, 0) is 12.8 Å². The van der Waals surface area contributed by atoms with E-state index in [4.69, 9.17) is 0 Å².